The number of benzene rings is 1. The number of ether oxygens (including phenoxy) is 1. The lowest BCUT2D eigenvalue weighted by molar-refractivity contribution is -0.131. The van der Waals surface area contributed by atoms with E-state index in [1.807, 2.05) is 0 Å². The Morgan fingerprint density at radius 1 is 1.30 bits per heavy atom. The fourth-order valence-electron chi connectivity index (χ4n) is 1.81. The molecule has 1 aliphatic carbocycles. The van der Waals surface area contributed by atoms with Crippen molar-refractivity contribution in [3.05, 3.63) is 29.3 Å². The molecular formula is C15H20N2O5S. The number of nitrogens with zero attached hydrogens (tertiary/aromatic N) is 1. The quantitative estimate of drug-likeness (QED) is 0.769. The lowest BCUT2D eigenvalue weighted by Crippen LogP contribution is -2.28. The number of nitrogens with one attached hydrogen (secondary N) is 1. The highest BCUT2D eigenvalue weighted by molar-refractivity contribution is 7.89. The first kappa shape index (κ1) is 17.4. The minimum atomic E-state index is -3.65. The van der Waals surface area contributed by atoms with Gasteiger partial charge in [-0.1, -0.05) is 6.07 Å². The van der Waals surface area contributed by atoms with Gasteiger partial charge in [0.25, 0.3) is 5.91 Å². The maximum atomic E-state index is 12.2. The zero-order valence-corrected chi connectivity index (χ0v) is 14.1. The second-order valence-corrected chi connectivity index (χ2v) is 7.45. The molecule has 1 amide bonds. The van der Waals surface area contributed by atoms with Crippen molar-refractivity contribution in [3.63, 3.8) is 0 Å². The lowest BCUT2D eigenvalue weighted by atomic mass is 10.1. The fourth-order valence-corrected chi connectivity index (χ4v) is 3.14. The van der Waals surface area contributed by atoms with E-state index in [0.717, 1.165) is 12.8 Å². The average molecular weight is 340 g/mol. The van der Waals surface area contributed by atoms with Gasteiger partial charge >= 0.3 is 5.97 Å². The number of hydrogen-bond donors (Lipinski definition) is 1. The molecule has 0 aromatic heterocycles. The molecular weight excluding hydrogens is 320 g/mol. The number of carbonyl (C=O) groups is 2. The smallest absolute Gasteiger partial charge is 0.338 e. The van der Waals surface area contributed by atoms with Crippen molar-refractivity contribution in [1.29, 1.82) is 0 Å². The molecule has 2 rings (SSSR count). The van der Waals surface area contributed by atoms with Crippen molar-refractivity contribution >= 4 is 21.9 Å². The summed E-state index contributed by atoms with van der Waals surface area (Å²) in [6.07, 6.45) is 1.65. The number of amides is 1. The van der Waals surface area contributed by atoms with Crippen molar-refractivity contribution in [3.8, 4) is 0 Å². The van der Waals surface area contributed by atoms with Gasteiger partial charge in [0.15, 0.2) is 6.61 Å². The zero-order chi connectivity index (χ0) is 17.2. The van der Waals surface area contributed by atoms with Crippen LogP contribution in [-0.2, 0) is 19.6 Å². The third-order valence-electron chi connectivity index (χ3n) is 3.46. The summed E-state index contributed by atoms with van der Waals surface area (Å²) in [5.41, 5.74) is 0.716. The molecule has 1 aliphatic rings. The Morgan fingerprint density at radius 3 is 2.52 bits per heavy atom. The van der Waals surface area contributed by atoms with E-state index in [1.165, 1.54) is 17.0 Å². The molecule has 126 valence electrons. The molecule has 7 nitrogen and oxygen atoms in total. The molecule has 0 atom stereocenters. The van der Waals surface area contributed by atoms with Crippen molar-refractivity contribution in [1.82, 2.24) is 9.62 Å². The number of likely N-dealkylation sites (N-methyl/N-ethyl adjacent to an activating group) is 1. The van der Waals surface area contributed by atoms with Crippen molar-refractivity contribution < 1.29 is 22.7 Å². The lowest BCUT2D eigenvalue weighted by Gasteiger charge is -2.12. The number of hydrogen-bond acceptors (Lipinski definition) is 5. The Morgan fingerprint density at radius 2 is 1.96 bits per heavy atom. The minimum Gasteiger partial charge on any atom is -0.452 e. The predicted octanol–water partition coefficient (Wildman–Crippen LogP) is 0.681. The molecule has 8 heteroatoms. The second-order valence-electron chi connectivity index (χ2n) is 5.74. The van der Waals surface area contributed by atoms with Crippen LogP contribution in [0.25, 0.3) is 0 Å². The summed E-state index contributed by atoms with van der Waals surface area (Å²) in [4.78, 5) is 24.9. The van der Waals surface area contributed by atoms with Gasteiger partial charge in [-0.25, -0.2) is 17.9 Å². The fraction of sp³-hybridized carbons (Fsp3) is 0.467. The Bertz CT molecular complexity index is 723. The van der Waals surface area contributed by atoms with Crippen LogP contribution in [0, 0.1) is 6.92 Å². The number of rotatable bonds is 6. The maximum absolute atomic E-state index is 12.2. The van der Waals surface area contributed by atoms with Crippen molar-refractivity contribution in [2.24, 2.45) is 0 Å². The molecule has 0 unspecified atom stereocenters. The van der Waals surface area contributed by atoms with Crippen LogP contribution in [0.5, 0.6) is 0 Å². The van der Waals surface area contributed by atoms with Crippen LogP contribution in [0.15, 0.2) is 23.1 Å². The van der Waals surface area contributed by atoms with Gasteiger partial charge in [-0.05, 0) is 37.5 Å². The molecule has 23 heavy (non-hydrogen) atoms. The Labute approximate surface area is 135 Å². The number of sulfonamides is 1. The molecule has 1 aromatic carbocycles. The third kappa shape index (κ3) is 4.52. The van der Waals surface area contributed by atoms with Gasteiger partial charge < -0.3 is 9.64 Å². The third-order valence-corrected chi connectivity index (χ3v) is 4.98. The molecule has 1 aromatic rings. The molecule has 0 bridgehead atoms. The molecule has 0 radical (unpaired) electrons. The highest BCUT2D eigenvalue weighted by atomic mass is 32.2. The highest BCUT2D eigenvalue weighted by Gasteiger charge is 2.28. The summed E-state index contributed by atoms with van der Waals surface area (Å²) in [5.74, 6) is -1.07. The summed E-state index contributed by atoms with van der Waals surface area (Å²) in [6, 6.07) is 4.25. The van der Waals surface area contributed by atoms with E-state index < -0.39 is 16.0 Å². The zero-order valence-electron chi connectivity index (χ0n) is 13.3. The topological polar surface area (TPSA) is 92.8 Å². The Kier molecular flexibility index (Phi) is 5.06. The van der Waals surface area contributed by atoms with E-state index >= 15 is 0 Å². The SMILES string of the molecule is Cc1ccc(S(=O)(=O)NC2CC2)cc1C(=O)OCC(=O)N(C)C. The van der Waals surface area contributed by atoms with Crippen LogP contribution in [0.4, 0.5) is 0 Å². The van der Waals surface area contributed by atoms with E-state index in [4.69, 9.17) is 4.74 Å². The van der Waals surface area contributed by atoms with Crippen LogP contribution in [-0.4, -0.2) is 51.9 Å². The predicted molar refractivity (Wildman–Crippen MR) is 83.5 cm³/mol. The molecule has 1 fully saturated rings. The van der Waals surface area contributed by atoms with E-state index in [1.54, 1.807) is 27.1 Å². The van der Waals surface area contributed by atoms with Gasteiger partial charge in [-0.15, -0.1) is 0 Å². The van der Waals surface area contributed by atoms with Crippen molar-refractivity contribution in [2.75, 3.05) is 20.7 Å². The van der Waals surface area contributed by atoms with Gasteiger partial charge in [0.2, 0.25) is 10.0 Å². The first-order chi connectivity index (χ1) is 10.7. The first-order valence-corrected chi connectivity index (χ1v) is 8.69. The minimum absolute atomic E-state index is 0.0147. The largest absolute Gasteiger partial charge is 0.452 e. The molecule has 1 saturated carbocycles. The molecule has 0 heterocycles. The van der Waals surface area contributed by atoms with Gasteiger partial charge in [0.1, 0.15) is 0 Å². The van der Waals surface area contributed by atoms with Crippen LogP contribution in [0.1, 0.15) is 28.8 Å². The summed E-state index contributed by atoms with van der Waals surface area (Å²) >= 11 is 0. The Hall–Kier alpha value is -1.93. The molecule has 1 N–H and O–H groups in total. The molecule has 0 saturated heterocycles. The van der Waals surface area contributed by atoms with Crippen LogP contribution in [0.2, 0.25) is 0 Å². The van der Waals surface area contributed by atoms with E-state index in [-0.39, 0.29) is 29.0 Å². The van der Waals surface area contributed by atoms with E-state index in [9.17, 15) is 18.0 Å². The maximum Gasteiger partial charge on any atom is 0.338 e. The van der Waals surface area contributed by atoms with Crippen molar-refractivity contribution in [2.45, 2.75) is 30.7 Å². The van der Waals surface area contributed by atoms with Gasteiger partial charge in [0, 0.05) is 20.1 Å². The number of aryl methyl sites for hydroxylation is 1. The monoisotopic (exact) mass is 340 g/mol. The standard InChI is InChI=1S/C15H20N2O5S/c1-10-4-7-12(23(20,21)16-11-5-6-11)8-13(10)15(19)22-9-14(18)17(2)3/h4,7-8,11,16H,5-6,9H2,1-3H3. The summed E-state index contributed by atoms with van der Waals surface area (Å²) in [6.45, 7) is 1.29. The van der Waals surface area contributed by atoms with Crippen LogP contribution >= 0.6 is 0 Å². The Balaban J connectivity index is 2.16. The van der Waals surface area contributed by atoms with Gasteiger partial charge in [-0.2, -0.15) is 0 Å². The summed E-state index contributed by atoms with van der Waals surface area (Å²) in [5, 5.41) is 0. The summed E-state index contributed by atoms with van der Waals surface area (Å²) < 4.78 is 31.9. The average Bonchev–Trinajstić information content (AvgIpc) is 3.27. The summed E-state index contributed by atoms with van der Waals surface area (Å²) in [7, 11) is -0.540. The van der Waals surface area contributed by atoms with Crippen LogP contribution < -0.4 is 4.72 Å². The van der Waals surface area contributed by atoms with E-state index in [0.29, 0.717) is 5.56 Å². The van der Waals surface area contributed by atoms with Gasteiger partial charge in [-0.3, -0.25) is 4.79 Å². The molecule has 0 spiro atoms. The molecule has 0 aliphatic heterocycles. The first-order valence-electron chi connectivity index (χ1n) is 7.21. The van der Waals surface area contributed by atoms with Gasteiger partial charge in [0.05, 0.1) is 10.5 Å². The van der Waals surface area contributed by atoms with E-state index in [2.05, 4.69) is 4.72 Å². The number of esters is 1. The van der Waals surface area contributed by atoms with Crippen LogP contribution in [0.3, 0.4) is 0 Å². The highest BCUT2D eigenvalue weighted by Crippen LogP contribution is 2.23. The second kappa shape index (κ2) is 6.67. The number of carbonyl (C=O) groups excluding carboxylic acids is 2. The normalized spacial score (nSPS) is 14.4.